The Labute approximate surface area is 214 Å². The first kappa shape index (κ1) is 24.0. The normalized spacial score (nSPS) is 14.6. The Morgan fingerprint density at radius 2 is 1.97 bits per heavy atom. The number of nitrogens with one attached hydrogen (secondary N) is 2. The standard InChI is InChI=1S/C27H27ClN6O2/c1-3-23(35)30-20-5-4-6-21(15-20)36-25-22(28)16-29-27-24(25)31-26(32-27)19-9-7-18(8-10-19)17-34-13-11-33(2)12-14-34/h3-10,15-16H,1,11-14,17H2,2H3,(H,30,35)(H,29,31,32). The van der Waals surface area contributed by atoms with Crippen LogP contribution in [0.15, 0.2) is 67.4 Å². The number of pyridine rings is 1. The second-order valence-corrected chi connectivity index (χ2v) is 9.22. The van der Waals surface area contributed by atoms with E-state index in [-0.39, 0.29) is 5.91 Å². The lowest BCUT2D eigenvalue weighted by atomic mass is 10.1. The molecule has 0 unspecified atom stereocenters. The number of hydrogen-bond acceptors (Lipinski definition) is 6. The van der Waals surface area contributed by atoms with Crippen LogP contribution in [0, 0.1) is 0 Å². The summed E-state index contributed by atoms with van der Waals surface area (Å²) in [5.41, 5.74) is 3.90. The van der Waals surface area contributed by atoms with E-state index in [1.54, 1.807) is 24.3 Å². The van der Waals surface area contributed by atoms with Crippen LogP contribution in [0.2, 0.25) is 5.02 Å². The van der Waals surface area contributed by atoms with Gasteiger partial charge in [-0.2, -0.15) is 0 Å². The third-order valence-corrected chi connectivity index (χ3v) is 6.43. The number of carbonyl (C=O) groups is 1. The van der Waals surface area contributed by atoms with Crippen molar-refractivity contribution in [1.29, 1.82) is 0 Å². The summed E-state index contributed by atoms with van der Waals surface area (Å²) in [7, 11) is 2.17. The number of nitrogens with zero attached hydrogens (tertiary/aromatic N) is 4. The van der Waals surface area contributed by atoms with Crippen molar-refractivity contribution in [2.75, 3.05) is 38.5 Å². The number of H-pyrrole nitrogens is 1. The van der Waals surface area contributed by atoms with Crippen molar-refractivity contribution < 1.29 is 9.53 Å². The number of piperazine rings is 1. The fourth-order valence-corrected chi connectivity index (χ4v) is 4.30. The molecule has 0 saturated carbocycles. The van der Waals surface area contributed by atoms with E-state index in [0.717, 1.165) is 38.3 Å². The minimum atomic E-state index is -0.303. The van der Waals surface area contributed by atoms with Gasteiger partial charge in [-0.05, 0) is 30.8 Å². The second kappa shape index (κ2) is 10.5. The number of aromatic amines is 1. The number of rotatable bonds is 7. The molecule has 0 aliphatic carbocycles. The molecule has 2 N–H and O–H groups in total. The Hall–Kier alpha value is -3.72. The lowest BCUT2D eigenvalue weighted by molar-refractivity contribution is -0.111. The SMILES string of the molecule is C=CC(=O)Nc1cccc(Oc2c(Cl)cnc3[nH]c(-c4ccc(CN5CCN(C)CC5)cc4)nc23)c1. The Morgan fingerprint density at radius 3 is 2.72 bits per heavy atom. The molecule has 1 fully saturated rings. The van der Waals surface area contributed by atoms with Gasteiger partial charge in [-0.1, -0.05) is 48.5 Å². The van der Waals surface area contributed by atoms with Crippen molar-refractivity contribution in [1.82, 2.24) is 24.8 Å². The van der Waals surface area contributed by atoms with Crippen molar-refractivity contribution in [3.63, 3.8) is 0 Å². The van der Waals surface area contributed by atoms with Gasteiger partial charge in [-0.15, -0.1) is 0 Å². The van der Waals surface area contributed by atoms with Crippen LogP contribution in [0.1, 0.15) is 5.56 Å². The van der Waals surface area contributed by atoms with E-state index in [2.05, 4.69) is 63.0 Å². The van der Waals surface area contributed by atoms with Gasteiger partial charge < -0.3 is 19.9 Å². The fraction of sp³-hybridized carbons (Fsp3) is 0.222. The smallest absolute Gasteiger partial charge is 0.247 e. The minimum absolute atomic E-state index is 0.303. The maximum Gasteiger partial charge on any atom is 0.247 e. The highest BCUT2D eigenvalue weighted by Gasteiger charge is 2.17. The van der Waals surface area contributed by atoms with Gasteiger partial charge in [-0.3, -0.25) is 9.69 Å². The summed E-state index contributed by atoms with van der Waals surface area (Å²) in [6.07, 6.45) is 2.74. The third kappa shape index (κ3) is 5.41. The zero-order valence-electron chi connectivity index (χ0n) is 20.0. The van der Waals surface area contributed by atoms with Gasteiger partial charge in [-0.25, -0.2) is 9.97 Å². The zero-order chi connectivity index (χ0) is 25.1. The number of aromatic nitrogens is 3. The first-order valence-corrected chi connectivity index (χ1v) is 12.1. The quantitative estimate of drug-likeness (QED) is 0.348. The van der Waals surface area contributed by atoms with Crippen molar-refractivity contribution in [2.45, 2.75) is 6.54 Å². The van der Waals surface area contributed by atoms with Crippen LogP contribution in [-0.4, -0.2) is 63.9 Å². The van der Waals surface area contributed by atoms with Crippen LogP contribution < -0.4 is 10.1 Å². The highest BCUT2D eigenvalue weighted by molar-refractivity contribution is 6.32. The molecule has 0 spiro atoms. The number of amides is 1. The monoisotopic (exact) mass is 502 g/mol. The number of anilines is 1. The number of imidazole rings is 1. The molecule has 184 valence electrons. The number of halogens is 1. The van der Waals surface area contributed by atoms with E-state index in [4.69, 9.17) is 21.3 Å². The molecule has 8 nitrogen and oxygen atoms in total. The topological polar surface area (TPSA) is 86.4 Å². The first-order chi connectivity index (χ1) is 17.5. The maximum atomic E-state index is 11.6. The Bertz CT molecular complexity index is 1390. The molecule has 0 bridgehead atoms. The largest absolute Gasteiger partial charge is 0.453 e. The number of ether oxygens (including phenoxy) is 1. The maximum absolute atomic E-state index is 11.6. The minimum Gasteiger partial charge on any atom is -0.453 e. The van der Waals surface area contributed by atoms with Crippen molar-refractivity contribution in [2.24, 2.45) is 0 Å². The van der Waals surface area contributed by atoms with E-state index in [9.17, 15) is 4.79 Å². The lowest BCUT2D eigenvalue weighted by Gasteiger charge is -2.32. The zero-order valence-corrected chi connectivity index (χ0v) is 20.8. The molecule has 2 aromatic carbocycles. The van der Waals surface area contributed by atoms with Gasteiger partial charge >= 0.3 is 0 Å². The third-order valence-electron chi connectivity index (χ3n) is 6.16. The summed E-state index contributed by atoms with van der Waals surface area (Å²) in [6.45, 7) is 8.78. The van der Waals surface area contributed by atoms with Crippen LogP contribution in [0.4, 0.5) is 5.69 Å². The molecule has 1 aliphatic heterocycles. The molecule has 4 aromatic rings. The van der Waals surface area contributed by atoms with E-state index in [1.807, 2.05) is 0 Å². The van der Waals surface area contributed by atoms with Crippen LogP contribution in [-0.2, 0) is 11.3 Å². The predicted molar refractivity (Wildman–Crippen MR) is 142 cm³/mol. The molecular formula is C27H27ClN6O2. The van der Waals surface area contributed by atoms with Crippen molar-refractivity contribution in [3.8, 4) is 22.9 Å². The second-order valence-electron chi connectivity index (χ2n) is 8.82. The van der Waals surface area contributed by atoms with Gasteiger partial charge in [0.05, 0.1) is 6.20 Å². The molecule has 0 radical (unpaired) electrons. The van der Waals surface area contributed by atoms with E-state index in [0.29, 0.717) is 39.2 Å². The van der Waals surface area contributed by atoms with Gasteiger partial charge in [0.1, 0.15) is 16.6 Å². The number of carbonyl (C=O) groups excluding carboxylic acids is 1. The molecule has 0 atom stereocenters. The average molecular weight is 503 g/mol. The predicted octanol–water partition coefficient (Wildman–Crippen LogP) is 4.94. The van der Waals surface area contributed by atoms with Gasteiger partial charge in [0.25, 0.3) is 0 Å². The Balaban J connectivity index is 1.36. The first-order valence-electron chi connectivity index (χ1n) is 11.7. The fourth-order valence-electron chi connectivity index (χ4n) is 4.12. The van der Waals surface area contributed by atoms with Crippen LogP contribution in [0.25, 0.3) is 22.6 Å². The van der Waals surface area contributed by atoms with Crippen LogP contribution >= 0.6 is 11.6 Å². The molecule has 1 aliphatic rings. The highest BCUT2D eigenvalue weighted by Crippen LogP contribution is 2.36. The average Bonchev–Trinajstić information content (AvgIpc) is 3.32. The summed E-state index contributed by atoms with van der Waals surface area (Å²) in [5.74, 6) is 1.28. The van der Waals surface area contributed by atoms with Crippen molar-refractivity contribution in [3.05, 3.63) is 78.0 Å². The van der Waals surface area contributed by atoms with Gasteiger partial charge in [0.15, 0.2) is 16.9 Å². The Kier molecular flexibility index (Phi) is 6.99. The molecule has 3 heterocycles. The molecular weight excluding hydrogens is 476 g/mol. The molecule has 2 aromatic heterocycles. The summed E-state index contributed by atoms with van der Waals surface area (Å²) in [5, 5.41) is 3.05. The number of fused-ring (bicyclic) bond motifs is 1. The summed E-state index contributed by atoms with van der Waals surface area (Å²) < 4.78 is 6.10. The number of hydrogen-bond donors (Lipinski definition) is 2. The number of likely N-dealkylation sites (N-methyl/N-ethyl adjacent to an activating group) is 1. The Morgan fingerprint density at radius 1 is 1.19 bits per heavy atom. The molecule has 36 heavy (non-hydrogen) atoms. The van der Waals surface area contributed by atoms with Gasteiger partial charge in [0, 0.05) is 50.0 Å². The number of benzene rings is 2. The lowest BCUT2D eigenvalue weighted by Crippen LogP contribution is -2.43. The van der Waals surface area contributed by atoms with Crippen LogP contribution in [0.5, 0.6) is 11.5 Å². The summed E-state index contributed by atoms with van der Waals surface area (Å²) >= 11 is 6.45. The molecule has 1 amide bonds. The molecule has 9 heteroatoms. The van der Waals surface area contributed by atoms with Crippen LogP contribution in [0.3, 0.4) is 0 Å². The van der Waals surface area contributed by atoms with E-state index < -0.39 is 0 Å². The van der Waals surface area contributed by atoms with Gasteiger partial charge in [0.2, 0.25) is 5.91 Å². The summed E-state index contributed by atoms with van der Waals surface area (Å²) in [4.78, 5) is 28.9. The van der Waals surface area contributed by atoms with Crippen molar-refractivity contribution >= 4 is 34.4 Å². The highest BCUT2D eigenvalue weighted by atomic mass is 35.5. The van der Waals surface area contributed by atoms with E-state index in [1.165, 1.54) is 17.8 Å². The summed E-state index contributed by atoms with van der Waals surface area (Å²) in [6, 6.07) is 15.4. The molecule has 1 saturated heterocycles. The molecule has 5 rings (SSSR count). The van der Waals surface area contributed by atoms with E-state index >= 15 is 0 Å².